The summed E-state index contributed by atoms with van der Waals surface area (Å²) in [7, 11) is 0. The summed E-state index contributed by atoms with van der Waals surface area (Å²) >= 11 is 0. The maximum atomic E-state index is 12.7. The van der Waals surface area contributed by atoms with Crippen LogP contribution in [0.5, 0.6) is 0 Å². The van der Waals surface area contributed by atoms with Crippen LogP contribution < -0.4 is 16.0 Å². The van der Waals surface area contributed by atoms with Crippen LogP contribution in [0.15, 0.2) is 24.3 Å². The van der Waals surface area contributed by atoms with Crippen LogP contribution in [0.2, 0.25) is 0 Å². The Hall–Kier alpha value is -2.08. The van der Waals surface area contributed by atoms with Crippen LogP contribution in [-0.2, 0) is 9.53 Å². The summed E-state index contributed by atoms with van der Waals surface area (Å²) in [5.41, 5.74) is 1.21. The van der Waals surface area contributed by atoms with Crippen LogP contribution in [0, 0.1) is 17.8 Å². The number of hydrogen-bond donors (Lipinski definition) is 3. The third-order valence-electron chi connectivity index (χ3n) is 6.45. The third kappa shape index (κ3) is 3.43. The summed E-state index contributed by atoms with van der Waals surface area (Å²) in [4.78, 5) is 25.3. The zero-order chi connectivity index (χ0) is 18.9. The minimum absolute atomic E-state index is 0.00572. The van der Waals surface area contributed by atoms with Crippen molar-refractivity contribution >= 4 is 17.5 Å². The molecular formula is C21H29N3O3. The lowest BCUT2D eigenvalue weighted by Gasteiger charge is -2.56. The van der Waals surface area contributed by atoms with E-state index in [0.717, 1.165) is 37.8 Å². The SMILES string of the molecule is CCOCCCNC(=O)[C@@H]1C[C@H]2CC[C@@H]1C[C@@]21NC(=O)c2ccccc2N1. The summed E-state index contributed by atoms with van der Waals surface area (Å²) in [6.45, 7) is 4.04. The van der Waals surface area contributed by atoms with Gasteiger partial charge in [0.05, 0.1) is 5.56 Å². The molecule has 0 aromatic heterocycles. The molecular weight excluding hydrogens is 342 g/mol. The first-order valence-electron chi connectivity index (χ1n) is 10.2. The van der Waals surface area contributed by atoms with E-state index < -0.39 is 5.66 Å². The first kappa shape index (κ1) is 18.3. The van der Waals surface area contributed by atoms with Crippen LogP contribution in [0.25, 0.3) is 0 Å². The van der Waals surface area contributed by atoms with Gasteiger partial charge in [0.25, 0.3) is 5.91 Å². The number of anilines is 1. The van der Waals surface area contributed by atoms with Gasteiger partial charge in [0, 0.05) is 37.3 Å². The zero-order valence-corrected chi connectivity index (χ0v) is 15.9. The Labute approximate surface area is 160 Å². The van der Waals surface area contributed by atoms with Crippen molar-refractivity contribution in [3.63, 3.8) is 0 Å². The quantitative estimate of drug-likeness (QED) is 0.672. The van der Waals surface area contributed by atoms with E-state index in [0.29, 0.717) is 31.2 Å². The number of ether oxygens (including phenoxy) is 1. The monoisotopic (exact) mass is 371 g/mol. The van der Waals surface area contributed by atoms with E-state index in [2.05, 4.69) is 16.0 Å². The highest BCUT2D eigenvalue weighted by atomic mass is 16.5. The molecule has 3 N–H and O–H groups in total. The van der Waals surface area contributed by atoms with E-state index in [9.17, 15) is 9.59 Å². The van der Waals surface area contributed by atoms with Gasteiger partial charge in [-0.25, -0.2) is 0 Å². The van der Waals surface area contributed by atoms with Crippen LogP contribution in [-0.4, -0.2) is 37.2 Å². The second kappa shape index (κ2) is 7.50. The molecule has 3 saturated carbocycles. The largest absolute Gasteiger partial charge is 0.382 e. The molecule has 4 aliphatic rings. The Kier molecular flexibility index (Phi) is 5.08. The molecule has 0 saturated heterocycles. The van der Waals surface area contributed by atoms with Crippen molar-refractivity contribution in [3.8, 4) is 0 Å². The Bertz CT molecular complexity index is 722. The molecule has 0 radical (unpaired) electrons. The molecule has 3 fully saturated rings. The van der Waals surface area contributed by atoms with E-state index in [1.54, 1.807) is 0 Å². The number of amides is 2. The molecule has 1 aliphatic heterocycles. The summed E-state index contributed by atoms with van der Waals surface area (Å²) < 4.78 is 5.32. The van der Waals surface area contributed by atoms with Crippen molar-refractivity contribution in [2.75, 3.05) is 25.1 Å². The molecule has 1 aromatic rings. The van der Waals surface area contributed by atoms with E-state index >= 15 is 0 Å². The fraction of sp³-hybridized carbons (Fsp3) is 0.619. The summed E-state index contributed by atoms with van der Waals surface area (Å²) in [5.74, 6) is 0.795. The minimum Gasteiger partial charge on any atom is -0.382 e. The highest BCUT2D eigenvalue weighted by Gasteiger charge is 2.55. The van der Waals surface area contributed by atoms with Gasteiger partial charge in [-0.1, -0.05) is 12.1 Å². The molecule has 1 spiro atoms. The number of carbonyl (C=O) groups is 2. The van der Waals surface area contributed by atoms with E-state index in [4.69, 9.17) is 4.74 Å². The van der Waals surface area contributed by atoms with Gasteiger partial charge in [0.2, 0.25) is 5.91 Å². The fourth-order valence-electron chi connectivity index (χ4n) is 5.13. The smallest absolute Gasteiger partial charge is 0.255 e. The third-order valence-corrected chi connectivity index (χ3v) is 6.45. The van der Waals surface area contributed by atoms with Crippen molar-refractivity contribution < 1.29 is 14.3 Å². The number of carbonyl (C=O) groups excluding carboxylic acids is 2. The molecule has 27 heavy (non-hydrogen) atoms. The van der Waals surface area contributed by atoms with Gasteiger partial charge >= 0.3 is 0 Å². The van der Waals surface area contributed by atoms with Gasteiger partial charge in [-0.05, 0) is 57.1 Å². The number of rotatable bonds is 6. The molecule has 0 unspecified atom stereocenters. The van der Waals surface area contributed by atoms with Crippen LogP contribution in [0.4, 0.5) is 5.69 Å². The first-order chi connectivity index (χ1) is 13.1. The van der Waals surface area contributed by atoms with Gasteiger partial charge in [0.15, 0.2) is 0 Å². The second-order valence-electron chi connectivity index (χ2n) is 8.02. The fourth-order valence-corrected chi connectivity index (χ4v) is 5.13. The second-order valence-corrected chi connectivity index (χ2v) is 8.02. The van der Waals surface area contributed by atoms with Gasteiger partial charge in [0.1, 0.15) is 5.66 Å². The zero-order valence-electron chi connectivity index (χ0n) is 15.9. The predicted octanol–water partition coefficient (Wildman–Crippen LogP) is 2.52. The van der Waals surface area contributed by atoms with Gasteiger partial charge in [-0.3, -0.25) is 9.59 Å². The standard InChI is InChI=1S/C21H29N3O3/c1-2-27-11-5-10-22-19(25)17-12-15-9-8-14(17)13-21(15)23-18-7-4-3-6-16(18)20(26)24-21/h3-4,6-7,14-15,17,23H,2,5,8-13H2,1H3,(H,22,25)(H,24,26)/t14-,15-,17-,21-/m1/s1. The van der Waals surface area contributed by atoms with Crippen molar-refractivity contribution in [3.05, 3.63) is 29.8 Å². The van der Waals surface area contributed by atoms with Crippen LogP contribution in [0.3, 0.4) is 0 Å². The van der Waals surface area contributed by atoms with Crippen LogP contribution >= 0.6 is 0 Å². The summed E-state index contributed by atoms with van der Waals surface area (Å²) in [6, 6.07) is 7.67. The van der Waals surface area contributed by atoms with E-state index in [-0.39, 0.29) is 23.7 Å². The molecule has 2 amide bonds. The van der Waals surface area contributed by atoms with Crippen molar-refractivity contribution in [2.24, 2.45) is 17.8 Å². The molecule has 1 heterocycles. The topological polar surface area (TPSA) is 79.5 Å². The maximum Gasteiger partial charge on any atom is 0.255 e. The molecule has 2 bridgehead atoms. The van der Waals surface area contributed by atoms with Crippen molar-refractivity contribution in [1.82, 2.24) is 10.6 Å². The Morgan fingerprint density at radius 1 is 1.30 bits per heavy atom. The molecule has 4 atom stereocenters. The number of fused-ring (bicyclic) bond motifs is 3. The van der Waals surface area contributed by atoms with Gasteiger partial charge in [-0.15, -0.1) is 0 Å². The highest BCUT2D eigenvalue weighted by Crippen LogP contribution is 2.51. The van der Waals surface area contributed by atoms with Crippen molar-refractivity contribution in [1.29, 1.82) is 0 Å². The minimum atomic E-state index is -0.403. The van der Waals surface area contributed by atoms with E-state index in [1.807, 2.05) is 31.2 Å². The maximum absolute atomic E-state index is 12.7. The Morgan fingerprint density at radius 3 is 2.93 bits per heavy atom. The van der Waals surface area contributed by atoms with Gasteiger partial charge < -0.3 is 20.7 Å². The lowest BCUT2D eigenvalue weighted by Crippen LogP contribution is -2.68. The molecule has 3 aliphatic carbocycles. The molecule has 5 rings (SSSR count). The lowest BCUT2D eigenvalue weighted by molar-refractivity contribution is -0.132. The normalized spacial score (nSPS) is 31.1. The molecule has 6 nitrogen and oxygen atoms in total. The average Bonchev–Trinajstić information content (AvgIpc) is 2.68. The lowest BCUT2D eigenvalue weighted by atomic mass is 9.58. The summed E-state index contributed by atoms with van der Waals surface area (Å²) in [5, 5.41) is 9.95. The number of hydrogen-bond acceptors (Lipinski definition) is 4. The van der Waals surface area contributed by atoms with E-state index in [1.165, 1.54) is 0 Å². The predicted molar refractivity (Wildman–Crippen MR) is 103 cm³/mol. The summed E-state index contributed by atoms with van der Waals surface area (Å²) in [6.07, 6.45) is 4.60. The number of nitrogens with one attached hydrogen (secondary N) is 3. The Morgan fingerprint density at radius 2 is 2.15 bits per heavy atom. The van der Waals surface area contributed by atoms with Gasteiger partial charge in [-0.2, -0.15) is 0 Å². The average molecular weight is 371 g/mol. The molecule has 6 heteroatoms. The Balaban J connectivity index is 1.41. The molecule has 146 valence electrons. The number of benzene rings is 1. The van der Waals surface area contributed by atoms with Crippen molar-refractivity contribution in [2.45, 2.75) is 44.7 Å². The number of para-hydroxylation sites is 1. The van der Waals surface area contributed by atoms with Crippen LogP contribution in [0.1, 0.15) is 49.4 Å². The molecule has 1 aromatic carbocycles. The first-order valence-corrected chi connectivity index (χ1v) is 10.2. The highest BCUT2D eigenvalue weighted by molar-refractivity contribution is 6.02.